The molecular weight excluding hydrogens is 702 g/mol. The van der Waals surface area contributed by atoms with Gasteiger partial charge < -0.3 is 46.3 Å². The molecule has 0 bridgehead atoms. The molecule has 5 amide bonds. The first-order valence-corrected chi connectivity index (χ1v) is 19.1. The Kier molecular flexibility index (Phi) is 32.3. The summed E-state index contributed by atoms with van der Waals surface area (Å²) in [6, 6.07) is -1.16. The van der Waals surface area contributed by atoms with Crippen molar-refractivity contribution in [2.24, 2.45) is 0 Å². The maximum absolute atomic E-state index is 12.3. The standard InChI is InChI=1S/C35H62ClN5O11/c36-25-31(44)37-19-20-38-32(45)26-52-24-22-40-33(46)27-51-23-21-39-29(42)18-17-28(35(49)50)41-30(43)15-13-11-9-7-5-3-1-2-4-6-8-10-12-14-16-34(47)48/h28H,1-27H2,(H,37,44)(H,38,45)(H,39,42)(H,40,46)(H,41,43)(H,47,48)(H,49,50). The number of unbranched alkanes of at least 4 members (excludes halogenated alkanes) is 13. The minimum atomic E-state index is -1.20. The molecule has 52 heavy (non-hydrogen) atoms. The number of hydrogen-bond acceptors (Lipinski definition) is 9. The van der Waals surface area contributed by atoms with E-state index in [0.29, 0.717) is 6.42 Å². The van der Waals surface area contributed by atoms with Crippen LogP contribution in [0.4, 0.5) is 0 Å². The van der Waals surface area contributed by atoms with Crippen molar-refractivity contribution >= 4 is 53.1 Å². The first-order chi connectivity index (χ1) is 25.0. The fourth-order valence-electron chi connectivity index (χ4n) is 4.98. The molecule has 0 aliphatic carbocycles. The predicted octanol–water partition coefficient (Wildman–Crippen LogP) is 2.40. The van der Waals surface area contributed by atoms with E-state index in [-0.39, 0.29) is 102 Å². The van der Waals surface area contributed by atoms with Crippen molar-refractivity contribution in [1.82, 2.24) is 26.6 Å². The van der Waals surface area contributed by atoms with Gasteiger partial charge in [0.15, 0.2) is 0 Å². The first-order valence-electron chi connectivity index (χ1n) is 18.6. The third kappa shape index (κ3) is 33.6. The quantitative estimate of drug-likeness (QED) is 0.0361. The van der Waals surface area contributed by atoms with Crippen LogP contribution in [0.1, 0.15) is 116 Å². The maximum Gasteiger partial charge on any atom is 0.326 e. The highest BCUT2D eigenvalue weighted by atomic mass is 35.5. The van der Waals surface area contributed by atoms with E-state index in [9.17, 15) is 38.7 Å². The normalized spacial score (nSPS) is 11.3. The van der Waals surface area contributed by atoms with Gasteiger partial charge in [-0.05, 0) is 19.3 Å². The van der Waals surface area contributed by atoms with Gasteiger partial charge in [0.05, 0.1) is 13.2 Å². The van der Waals surface area contributed by atoms with E-state index in [0.717, 1.165) is 44.9 Å². The summed E-state index contributed by atoms with van der Waals surface area (Å²) in [7, 11) is 0. The monoisotopic (exact) mass is 763 g/mol. The molecule has 0 spiro atoms. The molecule has 0 aromatic rings. The summed E-state index contributed by atoms with van der Waals surface area (Å²) < 4.78 is 10.4. The Morgan fingerprint density at radius 1 is 0.481 bits per heavy atom. The fourth-order valence-corrected chi connectivity index (χ4v) is 5.07. The lowest BCUT2D eigenvalue weighted by Crippen LogP contribution is -2.41. The number of carboxylic acid groups (broad SMARTS) is 2. The van der Waals surface area contributed by atoms with E-state index in [1.54, 1.807) is 0 Å². The molecule has 7 N–H and O–H groups in total. The predicted molar refractivity (Wildman–Crippen MR) is 195 cm³/mol. The van der Waals surface area contributed by atoms with Crippen molar-refractivity contribution in [3.05, 3.63) is 0 Å². The number of amides is 5. The highest BCUT2D eigenvalue weighted by molar-refractivity contribution is 6.27. The van der Waals surface area contributed by atoms with Crippen LogP contribution in [-0.4, -0.2) is 116 Å². The Balaban J connectivity index is 3.74. The van der Waals surface area contributed by atoms with Crippen LogP contribution in [0, 0.1) is 0 Å². The molecule has 0 radical (unpaired) electrons. The molecule has 0 heterocycles. The smallest absolute Gasteiger partial charge is 0.326 e. The molecule has 17 heteroatoms. The van der Waals surface area contributed by atoms with Crippen LogP contribution in [0.5, 0.6) is 0 Å². The van der Waals surface area contributed by atoms with Crippen molar-refractivity contribution < 1.29 is 53.2 Å². The van der Waals surface area contributed by atoms with Gasteiger partial charge in [-0.1, -0.05) is 77.0 Å². The minimum Gasteiger partial charge on any atom is -0.481 e. The zero-order valence-electron chi connectivity index (χ0n) is 30.6. The van der Waals surface area contributed by atoms with Gasteiger partial charge in [0, 0.05) is 45.4 Å². The zero-order valence-corrected chi connectivity index (χ0v) is 31.4. The molecule has 0 saturated heterocycles. The van der Waals surface area contributed by atoms with Crippen LogP contribution in [0.2, 0.25) is 0 Å². The van der Waals surface area contributed by atoms with Gasteiger partial charge in [-0.3, -0.25) is 28.8 Å². The van der Waals surface area contributed by atoms with Gasteiger partial charge in [0.1, 0.15) is 25.1 Å². The first kappa shape index (κ1) is 48.5. The molecule has 0 fully saturated rings. The number of alkyl halides is 1. The zero-order chi connectivity index (χ0) is 38.7. The second-order valence-electron chi connectivity index (χ2n) is 12.5. The van der Waals surface area contributed by atoms with Crippen molar-refractivity contribution in [3.63, 3.8) is 0 Å². The van der Waals surface area contributed by atoms with Crippen molar-refractivity contribution in [1.29, 1.82) is 0 Å². The molecule has 1 unspecified atom stereocenters. The maximum atomic E-state index is 12.3. The Morgan fingerprint density at radius 2 is 0.885 bits per heavy atom. The molecule has 0 saturated carbocycles. The minimum absolute atomic E-state index is 0.0558. The lowest BCUT2D eigenvalue weighted by Gasteiger charge is -2.14. The van der Waals surface area contributed by atoms with Gasteiger partial charge in [-0.15, -0.1) is 11.6 Å². The number of aliphatic carboxylic acids is 2. The molecule has 0 aliphatic heterocycles. The van der Waals surface area contributed by atoms with Gasteiger partial charge in [0.25, 0.3) is 0 Å². The van der Waals surface area contributed by atoms with E-state index >= 15 is 0 Å². The average Bonchev–Trinajstić information content (AvgIpc) is 3.10. The summed E-state index contributed by atoms with van der Waals surface area (Å²) in [6.07, 6.45) is 15.3. The van der Waals surface area contributed by atoms with Crippen LogP contribution < -0.4 is 26.6 Å². The molecule has 0 aromatic heterocycles. The van der Waals surface area contributed by atoms with E-state index in [1.165, 1.54) is 38.5 Å². The number of carbonyl (C=O) groups excluding carboxylic acids is 5. The van der Waals surface area contributed by atoms with Crippen molar-refractivity contribution in [3.8, 4) is 0 Å². The van der Waals surface area contributed by atoms with Crippen LogP contribution in [0.15, 0.2) is 0 Å². The second-order valence-corrected chi connectivity index (χ2v) is 12.7. The highest BCUT2D eigenvalue weighted by Gasteiger charge is 2.20. The van der Waals surface area contributed by atoms with E-state index in [4.69, 9.17) is 26.2 Å². The summed E-state index contributed by atoms with van der Waals surface area (Å²) >= 11 is 5.34. The molecule has 0 aliphatic rings. The van der Waals surface area contributed by atoms with Crippen LogP contribution >= 0.6 is 11.6 Å². The lowest BCUT2D eigenvalue weighted by atomic mass is 10.0. The number of rotatable bonds is 36. The van der Waals surface area contributed by atoms with Gasteiger partial charge >= 0.3 is 11.9 Å². The molecule has 0 rings (SSSR count). The van der Waals surface area contributed by atoms with Gasteiger partial charge in [0.2, 0.25) is 29.5 Å². The van der Waals surface area contributed by atoms with Crippen LogP contribution in [0.3, 0.4) is 0 Å². The van der Waals surface area contributed by atoms with Crippen LogP contribution in [0.25, 0.3) is 0 Å². The van der Waals surface area contributed by atoms with E-state index in [2.05, 4.69) is 26.6 Å². The molecule has 1 atom stereocenters. The number of hydrogen-bond donors (Lipinski definition) is 7. The van der Waals surface area contributed by atoms with Crippen molar-refractivity contribution in [2.75, 3.05) is 58.5 Å². The molecule has 300 valence electrons. The molecular formula is C35H62ClN5O11. The lowest BCUT2D eigenvalue weighted by molar-refractivity contribution is -0.142. The number of carbonyl (C=O) groups is 7. The summed E-state index contributed by atoms with van der Waals surface area (Å²) in [5, 5.41) is 30.8. The SMILES string of the molecule is O=C(O)CCCCCCCCCCCCCCCCC(=O)NC(CCC(=O)NCCOCC(=O)NCCOCC(=O)NCCNC(=O)CCl)C(=O)O. The summed E-state index contributed by atoms with van der Waals surface area (Å²) in [6.45, 7) is 0.440. The number of halogens is 1. The number of ether oxygens (including phenoxy) is 2. The highest BCUT2D eigenvalue weighted by Crippen LogP contribution is 2.14. The van der Waals surface area contributed by atoms with E-state index in [1.807, 2.05) is 0 Å². The van der Waals surface area contributed by atoms with E-state index < -0.39 is 29.8 Å². The summed E-state index contributed by atoms with van der Waals surface area (Å²) in [5.41, 5.74) is 0. The number of carboxylic acids is 2. The Labute approximate surface area is 312 Å². The Morgan fingerprint density at radius 3 is 1.33 bits per heavy atom. The Hall–Kier alpha value is -3.50. The molecule has 0 aromatic carbocycles. The topological polar surface area (TPSA) is 239 Å². The Bertz CT molecular complexity index is 1040. The third-order valence-corrected chi connectivity index (χ3v) is 8.07. The average molecular weight is 764 g/mol. The fraction of sp³-hybridized carbons (Fsp3) is 0.800. The largest absolute Gasteiger partial charge is 0.481 e. The van der Waals surface area contributed by atoms with Gasteiger partial charge in [-0.2, -0.15) is 0 Å². The van der Waals surface area contributed by atoms with Crippen molar-refractivity contribution in [2.45, 2.75) is 122 Å². The molecule has 16 nitrogen and oxygen atoms in total. The van der Waals surface area contributed by atoms with Crippen LogP contribution in [-0.2, 0) is 43.0 Å². The number of nitrogens with one attached hydrogen (secondary N) is 5. The summed E-state index contributed by atoms with van der Waals surface area (Å²) in [4.78, 5) is 80.9. The summed E-state index contributed by atoms with van der Waals surface area (Å²) in [5.74, 6) is -3.94. The van der Waals surface area contributed by atoms with Gasteiger partial charge in [-0.25, -0.2) is 4.79 Å². The second kappa shape index (κ2) is 34.6. The third-order valence-electron chi connectivity index (χ3n) is 7.83.